The van der Waals surface area contributed by atoms with E-state index >= 15 is 0 Å². The van der Waals surface area contributed by atoms with Gasteiger partial charge in [0, 0.05) is 25.7 Å². The van der Waals surface area contributed by atoms with Gasteiger partial charge in [-0.1, -0.05) is 6.07 Å². The van der Waals surface area contributed by atoms with Crippen molar-refractivity contribution in [3.8, 4) is 0 Å². The van der Waals surface area contributed by atoms with Crippen LogP contribution in [0, 0.1) is 6.92 Å². The standard InChI is InChI=1S/C12H16N4O/c1-9-3-2-5-16-12(9)14-11(15-16)7-10-8-13-4-6-17-10/h2-3,5,10,13H,4,6-8H2,1H3. The predicted molar refractivity (Wildman–Crippen MR) is 64.0 cm³/mol. The van der Waals surface area contributed by atoms with Crippen molar-refractivity contribution in [2.24, 2.45) is 0 Å². The molecule has 1 N–H and O–H groups in total. The minimum absolute atomic E-state index is 0.196. The number of morpholine rings is 1. The summed E-state index contributed by atoms with van der Waals surface area (Å²) in [6.45, 7) is 4.65. The first-order valence-corrected chi connectivity index (χ1v) is 5.96. The quantitative estimate of drug-likeness (QED) is 0.822. The molecule has 0 aliphatic carbocycles. The van der Waals surface area contributed by atoms with E-state index in [0.717, 1.165) is 43.2 Å². The maximum Gasteiger partial charge on any atom is 0.158 e. The van der Waals surface area contributed by atoms with Crippen LogP contribution in [0.25, 0.3) is 5.65 Å². The fraction of sp³-hybridized carbons (Fsp3) is 0.500. The summed E-state index contributed by atoms with van der Waals surface area (Å²) in [6.07, 6.45) is 2.90. The largest absolute Gasteiger partial charge is 0.375 e. The number of rotatable bonds is 2. The Labute approximate surface area is 99.8 Å². The van der Waals surface area contributed by atoms with Crippen molar-refractivity contribution < 1.29 is 4.74 Å². The number of hydrogen-bond acceptors (Lipinski definition) is 4. The third-order valence-corrected chi connectivity index (χ3v) is 3.02. The Bertz CT molecular complexity index is 516. The summed E-state index contributed by atoms with van der Waals surface area (Å²) in [5.74, 6) is 0.855. The van der Waals surface area contributed by atoms with Gasteiger partial charge in [0.1, 0.15) is 0 Å². The summed E-state index contributed by atoms with van der Waals surface area (Å²) in [5, 5.41) is 7.78. The van der Waals surface area contributed by atoms with Crippen LogP contribution in [-0.2, 0) is 11.2 Å². The summed E-state index contributed by atoms with van der Waals surface area (Å²) in [5.41, 5.74) is 2.08. The molecule has 0 saturated carbocycles. The Morgan fingerprint density at radius 1 is 1.59 bits per heavy atom. The molecule has 3 rings (SSSR count). The molecular formula is C12H16N4O. The second-order valence-electron chi connectivity index (χ2n) is 4.39. The van der Waals surface area contributed by atoms with E-state index in [1.54, 1.807) is 0 Å². The van der Waals surface area contributed by atoms with Gasteiger partial charge in [0.2, 0.25) is 0 Å². The van der Waals surface area contributed by atoms with E-state index in [2.05, 4.69) is 15.4 Å². The van der Waals surface area contributed by atoms with Crippen molar-refractivity contribution >= 4 is 5.65 Å². The first-order chi connectivity index (χ1) is 8.33. The van der Waals surface area contributed by atoms with Crippen molar-refractivity contribution in [3.05, 3.63) is 29.7 Å². The molecule has 0 aromatic carbocycles. The third kappa shape index (κ3) is 2.16. The summed E-state index contributed by atoms with van der Waals surface area (Å²) in [7, 11) is 0. The second kappa shape index (κ2) is 4.43. The number of fused-ring (bicyclic) bond motifs is 1. The maximum absolute atomic E-state index is 5.66. The van der Waals surface area contributed by atoms with Gasteiger partial charge in [0.05, 0.1) is 12.7 Å². The first kappa shape index (κ1) is 10.7. The second-order valence-corrected chi connectivity index (χ2v) is 4.39. The van der Waals surface area contributed by atoms with Gasteiger partial charge in [0.25, 0.3) is 0 Å². The first-order valence-electron chi connectivity index (χ1n) is 5.96. The van der Waals surface area contributed by atoms with Gasteiger partial charge >= 0.3 is 0 Å². The van der Waals surface area contributed by atoms with Crippen LogP contribution in [0.2, 0.25) is 0 Å². The molecule has 1 saturated heterocycles. The predicted octanol–water partition coefficient (Wildman–Crippen LogP) is 0.569. The Balaban J connectivity index is 1.83. The number of nitrogens with zero attached hydrogens (tertiary/aromatic N) is 3. The average Bonchev–Trinajstić information content (AvgIpc) is 2.74. The minimum Gasteiger partial charge on any atom is -0.375 e. The van der Waals surface area contributed by atoms with Crippen molar-refractivity contribution in [1.82, 2.24) is 19.9 Å². The van der Waals surface area contributed by atoms with Gasteiger partial charge in [-0.2, -0.15) is 5.10 Å². The van der Waals surface area contributed by atoms with Gasteiger partial charge < -0.3 is 10.1 Å². The van der Waals surface area contributed by atoms with Gasteiger partial charge in [0.15, 0.2) is 11.5 Å². The molecule has 1 aliphatic heterocycles. The van der Waals surface area contributed by atoms with Gasteiger partial charge in [-0.3, -0.25) is 0 Å². The number of nitrogens with one attached hydrogen (secondary N) is 1. The van der Waals surface area contributed by atoms with E-state index in [1.165, 1.54) is 0 Å². The fourth-order valence-corrected chi connectivity index (χ4v) is 2.12. The van der Waals surface area contributed by atoms with E-state index < -0.39 is 0 Å². The molecule has 1 unspecified atom stereocenters. The molecule has 1 fully saturated rings. The highest BCUT2D eigenvalue weighted by atomic mass is 16.5. The molecule has 0 amide bonds. The molecule has 0 bridgehead atoms. The molecule has 5 nitrogen and oxygen atoms in total. The maximum atomic E-state index is 5.66. The van der Waals surface area contributed by atoms with Gasteiger partial charge in [-0.15, -0.1) is 0 Å². The Morgan fingerprint density at radius 3 is 3.29 bits per heavy atom. The summed E-state index contributed by atoms with van der Waals surface area (Å²) >= 11 is 0. The molecule has 90 valence electrons. The average molecular weight is 232 g/mol. The van der Waals surface area contributed by atoms with Crippen LogP contribution in [0.4, 0.5) is 0 Å². The SMILES string of the molecule is Cc1cccn2nc(CC3CNCCO3)nc12. The number of pyridine rings is 1. The zero-order valence-electron chi connectivity index (χ0n) is 9.89. The Kier molecular flexibility index (Phi) is 2.78. The lowest BCUT2D eigenvalue weighted by Crippen LogP contribution is -2.39. The third-order valence-electron chi connectivity index (χ3n) is 3.02. The molecule has 0 radical (unpaired) electrons. The van der Waals surface area contributed by atoms with Crippen LogP contribution in [0.15, 0.2) is 18.3 Å². The van der Waals surface area contributed by atoms with Crippen molar-refractivity contribution in [2.75, 3.05) is 19.7 Å². The van der Waals surface area contributed by atoms with Crippen LogP contribution in [-0.4, -0.2) is 40.4 Å². The number of aromatic nitrogens is 3. The molecule has 3 heterocycles. The Morgan fingerprint density at radius 2 is 2.53 bits per heavy atom. The molecular weight excluding hydrogens is 216 g/mol. The Hall–Kier alpha value is -1.46. The van der Waals surface area contributed by atoms with Crippen LogP contribution >= 0.6 is 0 Å². The van der Waals surface area contributed by atoms with Crippen molar-refractivity contribution in [3.63, 3.8) is 0 Å². The van der Waals surface area contributed by atoms with Gasteiger partial charge in [-0.25, -0.2) is 9.50 Å². The lowest BCUT2D eigenvalue weighted by molar-refractivity contribution is 0.0281. The van der Waals surface area contributed by atoms with E-state index in [1.807, 2.05) is 29.8 Å². The lowest BCUT2D eigenvalue weighted by Gasteiger charge is -2.22. The van der Waals surface area contributed by atoms with Crippen LogP contribution in [0.5, 0.6) is 0 Å². The van der Waals surface area contributed by atoms with Crippen molar-refractivity contribution in [2.45, 2.75) is 19.4 Å². The highest BCUT2D eigenvalue weighted by Gasteiger charge is 2.16. The fourth-order valence-electron chi connectivity index (χ4n) is 2.12. The molecule has 1 atom stereocenters. The number of hydrogen-bond donors (Lipinski definition) is 1. The van der Waals surface area contributed by atoms with E-state index in [9.17, 15) is 0 Å². The number of aryl methyl sites for hydroxylation is 1. The molecule has 1 aliphatic rings. The zero-order valence-corrected chi connectivity index (χ0v) is 9.89. The lowest BCUT2D eigenvalue weighted by atomic mass is 10.2. The van der Waals surface area contributed by atoms with E-state index in [-0.39, 0.29) is 6.10 Å². The molecule has 2 aromatic heterocycles. The molecule has 5 heteroatoms. The van der Waals surface area contributed by atoms with Crippen molar-refractivity contribution in [1.29, 1.82) is 0 Å². The molecule has 2 aromatic rings. The topological polar surface area (TPSA) is 51.5 Å². The molecule has 0 spiro atoms. The number of ether oxygens (including phenoxy) is 1. The normalized spacial score (nSPS) is 20.9. The smallest absolute Gasteiger partial charge is 0.158 e. The highest BCUT2D eigenvalue weighted by Crippen LogP contribution is 2.09. The summed E-state index contributed by atoms with van der Waals surface area (Å²) in [6, 6.07) is 4.03. The summed E-state index contributed by atoms with van der Waals surface area (Å²) < 4.78 is 7.49. The summed E-state index contributed by atoms with van der Waals surface area (Å²) in [4.78, 5) is 4.55. The van der Waals surface area contributed by atoms with Crippen LogP contribution in [0.1, 0.15) is 11.4 Å². The van der Waals surface area contributed by atoms with Crippen LogP contribution in [0.3, 0.4) is 0 Å². The molecule has 17 heavy (non-hydrogen) atoms. The highest BCUT2D eigenvalue weighted by molar-refractivity contribution is 5.45. The minimum atomic E-state index is 0.196. The monoisotopic (exact) mass is 232 g/mol. The van der Waals surface area contributed by atoms with E-state index in [4.69, 9.17) is 4.74 Å². The van der Waals surface area contributed by atoms with Gasteiger partial charge in [-0.05, 0) is 18.6 Å². The zero-order chi connectivity index (χ0) is 11.7. The van der Waals surface area contributed by atoms with Crippen LogP contribution < -0.4 is 5.32 Å². The van der Waals surface area contributed by atoms with E-state index in [0.29, 0.717) is 0 Å².